The minimum absolute atomic E-state index is 0.0182. The lowest BCUT2D eigenvalue weighted by Gasteiger charge is -2.02. The number of nitrogens with zero attached hydrogens (tertiary/aromatic N) is 2. The predicted molar refractivity (Wildman–Crippen MR) is 76.3 cm³/mol. The first-order valence-electron chi connectivity index (χ1n) is 6.10. The van der Waals surface area contributed by atoms with Gasteiger partial charge in [0.25, 0.3) is 5.56 Å². The molecule has 0 bridgehead atoms. The summed E-state index contributed by atoms with van der Waals surface area (Å²) in [5, 5.41) is 2.69. The SMILES string of the molecule is Cn1ccc2c(ccc3[nH]c4cccnc4c32)c1=O. The summed E-state index contributed by atoms with van der Waals surface area (Å²) in [6.45, 7) is 0. The van der Waals surface area contributed by atoms with Gasteiger partial charge < -0.3 is 9.55 Å². The molecule has 1 N–H and O–H groups in total. The first kappa shape index (κ1) is 10.3. The number of aromatic nitrogens is 3. The molecule has 0 saturated heterocycles. The predicted octanol–water partition coefficient (Wildman–Crippen LogP) is 2.57. The Morgan fingerprint density at radius 3 is 2.89 bits per heavy atom. The van der Waals surface area contributed by atoms with Gasteiger partial charge >= 0.3 is 0 Å². The van der Waals surface area contributed by atoms with Crippen molar-refractivity contribution in [3.05, 3.63) is 53.1 Å². The van der Waals surface area contributed by atoms with Crippen LogP contribution < -0.4 is 5.56 Å². The van der Waals surface area contributed by atoms with Crippen LogP contribution in [0.5, 0.6) is 0 Å². The fraction of sp³-hybridized carbons (Fsp3) is 0.0667. The largest absolute Gasteiger partial charge is 0.353 e. The molecule has 0 spiro atoms. The van der Waals surface area contributed by atoms with Crippen molar-refractivity contribution in [2.75, 3.05) is 0 Å². The third kappa shape index (κ3) is 1.28. The Bertz CT molecular complexity index is 995. The van der Waals surface area contributed by atoms with Crippen LogP contribution in [0.3, 0.4) is 0 Å². The van der Waals surface area contributed by atoms with Crippen LogP contribution in [-0.4, -0.2) is 14.5 Å². The maximum Gasteiger partial charge on any atom is 0.258 e. The van der Waals surface area contributed by atoms with Gasteiger partial charge in [-0.2, -0.15) is 0 Å². The molecule has 0 fully saturated rings. The molecule has 0 aliphatic carbocycles. The highest BCUT2D eigenvalue weighted by molar-refractivity contribution is 6.18. The van der Waals surface area contributed by atoms with E-state index in [1.165, 1.54) is 0 Å². The Balaban J connectivity index is 2.37. The summed E-state index contributed by atoms with van der Waals surface area (Å²) in [6.07, 6.45) is 3.57. The smallest absolute Gasteiger partial charge is 0.258 e. The Labute approximate surface area is 108 Å². The number of fused-ring (bicyclic) bond motifs is 5. The topological polar surface area (TPSA) is 50.7 Å². The van der Waals surface area contributed by atoms with Crippen LogP contribution in [-0.2, 0) is 7.05 Å². The summed E-state index contributed by atoms with van der Waals surface area (Å²) in [7, 11) is 1.76. The van der Waals surface area contributed by atoms with E-state index in [0.717, 1.165) is 32.7 Å². The molecule has 0 aliphatic rings. The number of nitrogens with one attached hydrogen (secondary N) is 1. The molecule has 1 aromatic carbocycles. The zero-order valence-electron chi connectivity index (χ0n) is 10.3. The van der Waals surface area contributed by atoms with Crippen molar-refractivity contribution in [1.29, 1.82) is 0 Å². The van der Waals surface area contributed by atoms with Crippen LogP contribution >= 0.6 is 0 Å². The van der Waals surface area contributed by atoms with Gasteiger partial charge in [-0.1, -0.05) is 0 Å². The number of H-pyrrole nitrogens is 1. The molecule has 4 rings (SSSR count). The zero-order valence-corrected chi connectivity index (χ0v) is 10.3. The van der Waals surface area contributed by atoms with Crippen molar-refractivity contribution in [3.8, 4) is 0 Å². The second-order valence-electron chi connectivity index (χ2n) is 4.71. The highest BCUT2D eigenvalue weighted by atomic mass is 16.1. The number of benzene rings is 1. The Kier molecular flexibility index (Phi) is 1.87. The summed E-state index contributed by atoms with van der Waals surface area (Å²) >= 11 is 0. The lowest BCUT2D eigenvalue weighted by molar-refractivity contribution is 0.873. The van der Waals surface area contributed by atoms with E-state index in [0.29, 0.717) is 0 Å². The van der Waals surface area contributed by atoms with Gasteiger partial charge in [-0.05, 0) is 30.3 Å². The molecular weight excluding hydrogens is 238 g/mol. The fourth-order valence-corrected chi connectivity index (χ4v) is 2.63. The van der Waals surface area contributed by atoms with Crippen LogP contribution in [0.15, 0.2) is 47.5 Å². The van der Waals surface area contributed by atoms with E-state index in [4.69, 9.17) is 0 Å². The maximum absolute atomic E-state index is 12.2. The van der Waals surface area contributed by atoms with Crippen LogP contribution in [0.2, 0.25) is 0 Å². The summed E-state index contributed by atoms with van der Waals surface area (Å²) in [4.78, 5) is 19.9. The van der Waals surface area contributed by atoms with Gasteiger partial charge in [0.05, 0.1) is 11.0 Å². The van der Waals surface area contributed by atoms with Gasteiger partial charge in [0.2, 0.25) is 0 Å². The number of hydrogen-bond donors (Lipinski definition) is 1. The maximum atomic E-state index is 12.2. The first-order chi connectivity index (χ1) is 9.25. The fourth-order valence-electron chi connectivity index (χ4n) is 2.63. The molecule has 0 unspecified atom stereocenters. The monoisotopic (exact) mass is 249 g/mol. The van der Waals surface area contributed by atoms with Crippen LogP contribution in [0.4, 0.5) is 0 Å². The number of aryl methyl sites for hydroxylation is 1. The second-order valence-corrected chi connectivity index (χ2v) is 4.71. The van der Waals surface area contributed by atoms with E-state index in [-0.39, 0.29) is 5.56 Å². The Morgan fingerprint density at radius 2 is 2.00 bits per heavy atom. The van der Waals surface area contributed by atoms with Gasteiger partial charge in [-0.25, -0.2) is 0 Å². The lowest BCUT2D eigenvalue weighted by atomic mass is 10.1. The molecular formula is C15H11N3O. The average molecular weight is 249 g/mol. The molecule has 3 heterocycles. The highest BCUT2D eigenvalue weighted by Gasteiger charge is 2.10. The summed E-state index contributed by atoms with van der Waals surface area (Å²) in [5.41, 5.74) is 2.93. The molecule has 4 aromatic rings. The number of pyridine rings is 2. The standard InChI is InChI=1S/C15H11N3O/c1-18-8-6-9-10(15(18)19)4-5-11-13(9)14-12(17-11)3-2-7-16-14/h2-8,17H,1H3. The van der Waals surface area contributed by atoms with Gasteiger partial charge in [0.1, 0.15) is 0 Å². The van der Waals surface area contributed by atoms with Crippen molar-refractivity contribution in [2.24, 2.45) is 7.05 Å². The number of rotatable bonds is 0. The zero-order chi connectivity index (χ0) is 13.0. The quantitative estimate of drug-likeness (QED) is 0.520. The molecule has 92 valence electrons. The number of hydrogen-bond acceptors (Lipinski definition) is 2. The van der Waals surface area contributed by atoms with Gasteiger partial charge in [0.15, 0.2) is 0 Å². The van der Waals surface area contributed by atoms with Gasteiger partial charge in [-0.15, -0.1) is 0 Å². The van der Waals surface area contributed by atoms with E-state index < -0.39 is 0 Å². The Morgan fingerprint density at radius 1 is 1.11 bits per heavy atom. The normalized spacial score (nSPS) is 11.6. The summed E-state index contributed by atoms with van der Waals surface area (Å²) < 4.78 is 1.59. The molecule has 19 heavy (non-hydrogen) atoms. The molecule has 0 atom stereocenters. The van der Waals surface area contributed by atoms with Crippen molar-refractivity contribution in [1.82, 2.24) is 14.5 Å². The molecule has 4 nitrogen and oxygen atoms in total. The molecule has 0 saturated carbocycles. The molecule has 0 aliphatic heterocycles. The van der Waals surface area contributed by atoms with E-state index in [2.05, 4.69) is 9.97 Å². The molecule has 3 aromatic heterocycles. The molecule has 4 heteroatoms. The highest BCUT2D eigenvalue weighted by Crippen LogP contribution is 2.29. The third-order valence-electron chi connectivity index (χ3n) is 3.57. The van der Waals surface area contributed by atoms with E-state index >= 15 is 0 Å². The minimum Gasteiger partial charge on any atom is -0.353 e. The Hall–Kier alpha value is -2.62. The van der Waals surface area contributed by atoms with Crippen molar-refractivity contribution >= 4 is 32.7 Å². The van der Waals surface area contributed by atoms with E-state index in [1.54, 1.807) is 24.0 Å². The molecule has 0 amide bonds. The van der Waals surface area contributed by atoms with E-state index in [9.17, 15) is 4.79 Å². The van der Waals surface area contributed by atoms with Crippen molar-refractivity contribution in [2.45, 2.75) is 0 Å². The van der Waals surface area contributed by atoms with Crippen molar-refractivity contribution < 1.29 is 0 Å². The first-order valence-corrected chi connectivity index (χ1v) is 6.10. The van der Waals surface area contributed by atoms with Gasteiger partial charge in [-0.3, -0.25) is 9.78 Å². The molecule has 0 radical (unpaired) electrons. The van der Waals surface area contributed by atoms with Crippen LogP contribution in [0.1, 0.15) is 0 Å². The second kappa shape index (κ2) is 3.45. The third-order valence-corrected chi connectivity index (χ3v) is 3.57. The number of aromatic amines is 1. The average Bonchev–Trinajstić information content (AvgIpc) is 2.81. The summed E-state index contributed by atoms with van der Waals surface area (Å²) in [6, 6.07) is 9.69. The van der Waals surface area contributed by atoms with E-state index in [1.807, 2.05) is 30.3 Å². The van der Waals surface area contributed by atoms with Gasteiger partial charge in [0, 0.05) is 41.1 Å². The lowest BCUT2D eigenvalue weighted by Crippen LogP contribution is -2.15. The van der Waals surface area contributed by atoms with Crippen molar-refractivity contribution in [3.63, 3.8) is 0 Å². The van der Waals surface area contributed by atoms with Crippen LogP contribution in [0, 0.1) is 0 Å². The summed E-state index contributed by atoms with van der Waals surface area (Å²) in [5.74, 6) is 0. The minimum atomic E-state index is 0.0182. The van der Waals surface area contributed by atoms with Crippen LogP contribution in [0.25, 0.3) is 32.7 Å².